The zero-order chi connectivity index (χ0) is 31.2. The van der Waals surface area contributed by atoms with E-state index < -0.39 is 73.3 Å². The monoisotopic (exact) mass is 589 g/mol. The Kier molecular flexibility index (Phi) is 13.9. The minimum atomic E-state index is -2.25. The maximum absolute atomic E-state index is 13.0. The number of alkyl carbamates (subject to hydrolysis) is 1. The van der Waals surface area contributed by atoms with E-state index in [1.54, 1.807) is 68.4 Å². The number of aliphatic carboxylic acids is 1. The summed E-state index contributed by atoms with van der Waals surface area (Å²) in [5.74, 6) is -3.28. The molecular weight excluding hydrogens is 550 g/mol. The van der Waals surface area contributed by atoms with Crippen molar-refractivity contribution in [1.82, 2.24) is 16.0 Å². The second-order valence-corrected chi connectivity index (χ2v) is 10.2. The largest absolute Gasteiger partial charge is 0.481 e. The van der Waals surface area contributed by atoms with Gasteiger partial charge in [-0.2, -0.15) is 0 Å². The van der Waals surface area contributed by atoms with E-state index in [-0.39, 0.29) is 18.9 Å². The molecule has 0 radical (unpaired) electrons. The third-order valence-electron chi connectivity index (χ3n) is 6.30. The number of carboxylic acids is 1. The SMILES string of the molecule is CC(C)CC(NC(=O)OCc1ccccc1)C(=O)NC(CO)C(O)C(O)C(O)C(=O)NC(CC(=O)O)c1ccccc1. The van der Waals surface area contributed by atoms with E-state index in [1.807, 2.05) is 6.07 Å². The summed E-state index contributed by atoms with van der Waals surface area (Å²) in [6.07, 6.45) is -7.69. The van der Waals surface area contributed by atoms with Crippen LogP contribution >= 0.6 is 0 Å². The average Bonchev–Trinajstić information content (AvgIpc) is 2.97. The molecule has 0 aromatic heterocycles. The topological polar surface area (TPSA) is 215 Å². The molecule has 2 rings (SSSR count). The minimum absolute atomic E-state index is 0.0373. The van der Waals surface area contributed by atoms with Crippen LogP contribution in [0.2, 0.25) is 0 Å². The van der Waals surface area contributed by atoms with E-state index in [9.17, 15) is 44.7 Å². The van der Waals surface area contributed by atoms with Crippen molar-refractivity contribution in [2.24, 2.45) is 5.92 Å². The van der Waals surface area contributed by atoms with Crippen molar-refractivity contribution < 1.29 is 49.4 Å². The number of benzene rings is 2. The summed E-state index contributed by atoms with van der Waals surface area (Å²) in [5, 5.41) is 57.7. The quantitative estimate of drug-likeness (QED) is 0.133. The molecule has 8 N–H and O–H groups in total. The van der Waals surface area contributed by atoms with Crippen LogP contribution in [-0.4, -0.2) is 86.4 Å². The molecule has 3 amide bonds. The maximum Gasteiger partial charge on any atom is 0.408 e. The molecule has 2 aromatic rings. The molecule has 2 aromatic carbocycles. The van der Waals surface area contributed by atoms with Gasteiger partial charge in [0.15, 0.2) is 6.10 Å². The van der Waals surface area contributed by atoms with Crippen LogP contribution in [0.4, 0.5) is 4.79 Å². The molecule has 0 aliphatic carbocycles. The van der Waals surface area contributed by atoms with Crippen molar-refractivity contribution in [2.45, 2.75) is 69.7 Å². The number of rotatable bonds is 16. The van der Waals surface area contributed by atoms with Crippen molar-refractivity contribution in [2.75, 3.05) is 6.61 Å². The molecule has 0 bridgehead atoms. The predicted molar refractivity (Wildman–Crippen MR) is 150 cm³/mol. The zero-order valence-electron chi connectivity index (χ0n) is 23.4. The molecular formula is C29H39N3O10. The molecule has 0 saturated carbocycles. The number of aliphatic hydroxyl groups excluding tert-OH is 4. The summed E-state index contributed by atoms with van der Waals surface area (Å²) in [7, 11) is 0. The molecule has 0 heterocycles. The van der Waals surface area contributed by atoms with Crippen LogP contribution in [0.1, 0.15) is 43.9 Å². The molecule has 13 nitrogen and oxygen atoms in total. The summed E-state index contributed by atoms with van der Waals surface area (Å²) in [5.41, 5.74) is 1.16. The fourth-order valence-corrected chi connectivity index (χ4v) is 4.08. The van der Waals surface area contributed by atoms with Crippen molar-refractivity contribution in [3.63, 3.8) is 0 Å². The van der Waals surface area contributed by atoms with Gasteiger partial charge < -0.3 is 46.2 Å². The van der Waals surface area contributed by atoms with Crippen molar-refractivity contribution >= 4 is 23.9 Å². The standard InChI is InChI=1S/C29H39N3O10/c1-17(2)13-21(32-29(41)42-16-18-9-5-3-6-10-18)27(39)31-22(15-33)24(36)25(37)26(38)28(40)30-20(14-23(34)35)19-11-7-4-8-12-19/h3-12,17,20-22,24-26,33,36-38H,13-16H2,1-2H3,(H,30,40)(H,31,39)(H,32,41)(H,34,35). The number of aliphatic hydroxyl groups is 4. The fraction of sp³-hybridized carbons (Fsp3) is 0.448. The van der Waals surface area contributed by atoms with E-state index in [2.05, 4.69) is 16.0 Å². The summed E-state index contributed by atoms with van der Waals surface area (Å²) in [6, 6.07) is 13.2. The highest BCUT2D eigenvalue weighted by atomic mass is 16.5. The van der Waals surface area contributed by atoms with Gasteiger partial charge in [-0.1, -0.05) is 74.5 Å². The van der Waals surface area contributed by atoms with E-state index in [0.29, 0.717) is 5.56 Å². The lowest BCUT2D eigenvalue weighted by Crippen LogP contribution is -2.59. The first-order valence-corrected chi connectivity index (χ1v) is 13.4. The maximum atomic E-state index is 13.0. The summed E-state index contributed by atoms with van der Waals surface area (Å²) in [6.45, 7) is 2.68. The van der Waals surface area contributed by atoms with Gasteiger partial charge in [-0.05, 0) is 23.5 Å². The fourth-order valence-electron chi connectivity index (χ4n) is 4.08. The molecule has 0 spiro atoms. The van der Waals surface area contributed by atoms with Gasteiger partial charge in [0.25, 0.3) is 5.91 Å². The van der Waals surface area contributed by atoms with E-state index >= 15 is 0 Å². The Balaban J connectivity index is 2.03. The second kappa shape index (κ2) is 17.0. The Hall–Kier alpha value is -4.04. The van der Waals surface area contributed by atoms with Crippen LogP contribution < -0.4 is 16.0 Å². The first kappa shape index (κ1) is 34.2. The van der Waals surface area contributed by atoms with Gasteiger partial charge in [-0.3, -0.25) is 14.4 Å². The highest BCUT2D eigenvalue weighted by molar-refractivity contribution is 5.86. The van der Waals surface area contributed by atoms with Crippen LogP contribution in [0.15, 0.2) is 60.7 Å². The molecule has 13 heteroatoms. The lowest BCUT2D eigenvalue weighted by atomic mass is 9.98. The average molecular weight is 590 g/mol. The van der Waals surface area contributed by atoms with Crippen molar-refractivity contribution in [3.05, 3.63) is 71.8 Å². The number of amides is 3. The van der Waals surface area contributed by atoms with Gasteiger partial charge in [-0.15, -0.1) is 0 Å². The molecule has 0 saturated heterocycles. The highest BCUT2D eigenvalue weighted by Crippen LogP contribution is 2.18. The Bertz CT molecular complexity index is 1150. The van der Waals surface area contributed by atoms with Crippen LogP contribution in [0.5, 0.6) is 0 Å². The van der Waals surface area contributed by atoms with Gasteiger partial charge in [0, 0.05) is 0 Å². The number of ether oxygens (including phenoxy) is 1. The Morgan fingerprint density at radius 3 is 1.95 bits per heavy atom. The van der Waals surface area contributed by atoms with E-state index in [1.165, 1.54) is 0 Å². The van der Waals surface area contributed by atoms with Crippen LogP contribution in [-0.2, 0) is 25.7 Å². The van der Waals surface area contributed by atoms with Gasteiger partial charge in [0.1, 0.15) is 24.9 Å². The van der Waals surface area contributed by atoms with Crippen molar-refractivity contribution in [1.29, 1.82) is 0 Å². The molecule has 6 unspecified atom stereocenters. The summed E-state index contributed by atoms with van der Waals surface area (Å²) >= 11 is 0. The molecule has 0 aliphatic heterocycles. The molecule has 42 heavy (non-hydrogen) atoms. The second-order valence-electron chi connectivity index (χ2n) is 10.2. The zero-order valence-corrected chi connectivity index (χ0v) is 23.4. The number of nitrogens with one attached hydrogen (secondary N) is 3. The molecule has 0 fully saturated rings. The lowest BCUT2D eigenvalue weighted by Gasteiger charge is -2.30. The lowest BCUT2D eigenvalue weighted by molar-refractivity contribution is -0.145. The first-order chi connectivity index (χ1) is 19.9. The number of hydrogen-bond acceptors (Lipinski definition) is 9. The van der Waals surface area contributed by atoms with E-state index in [4.69, 9.17) is 4.74 Å². The Labute approximate surface area is 243 Å². The smallest absolute Gasteiger partial charge is 0.408 e. The summed E-state index contributed by atoms with van der Waals surface area (Å²) < 4.78 is 5.17. The molecule has 230 valence electrons. The van der Waals surface area contributed by atoms with Crippen LogP contribution in [0, 0.1) is 5.92 Å². The van der Waals surface area contributed by atoms with Gasteiger partial charge in [0.05, 0.1) is 25.1 Å². The third-order valence-corrected chi connectivity index (χ3v) is 6.30. The molecule has 0 aliphatic rings. The van der Waals surface area contributed by atoms with E-state index in [0.717, 1.165) is 5.56 Å². The Morgan fingerprint density at radius 1 is 0.810 bits per heavy atom. The third kappa shape index (κ3) is 11.1. The predicted octanol–water partition coefficient (Wildman–Crippen LogP) is 0.220. The Morgan fingerprint density at radius 2 is 1.40 bits per heavy atom. The van der Waals surface area contributed by atoms with Crippen molar-refractivity contribution in [3.8, 4) is 0 Å². The highest BCUT2D eigenvalue weighted by Gasteiger charge is 2.37. The normalized spacial score (nSPS) is 15.4. The minimum Gasteiger partial charge on any atom is -0.481 e. The number of hydrogen-bond donors (Lipinski definition) is 8. The van der Waals surface area contributed by atoms with Gasteiger partial charge >= 0.3 is 12.1 Å². The van der Waals surface area contributed by atoms with Crippen LogP contribution in [0.3, 0.4) is 0 Å². The van der Waals surface area contributed by atoms with Crippen LogP contribution in [0.25, 0.3) is 0 Å². The number of carboxylic acid groups (broad SMARTS) is 1. The molecule has 6 atom stereocenters. The first-order valence-electron chi connectivity index (χ1n) is 13.4. The van der Waals surface area contributed by atoms with Gasteiger partial charge in [-0.25, -0.2) is 4.79 Å². The number of carbonyl (C=O) groups excluding carboxylic acids is 3. The number of carbonyl (C=O) groups is 4. The summed E-state index contributed by atoms with van der Waals surface area (Å²) in [4.78, 5) is 49.3. The van der Waals surface area contributed by atoms with Gasteiger partial charge in [0.2, 0.25) is 5.91 Å².